The molecule has 3 aromatic rings. The Bertz CT molecular complexity index is 1120. The van der Waals surface area contributed by atoms with E-state index in [1.807, 2.05) is 25.1 Å². The highest BCUT2D eigenvalue weighted by Gasteiger charge is 2.23. The van der Waals surface area contributed by atoms with Gasteiger partial charge in [-0.05, 0) is 38.0 Å². The molecule has 0 aromatic carbocycles. The van der Waals surface area contributed by atoms with Crippen molar-refractivity contribution in [3.63, 3.8) is 0 Å². The summed E-state index contributed by atoms with van der Waals surface area (Å²) in [6, 6.07) is 5.96. The van der Waals surface area contributed by atoms with E-state index in [9.17, 15) is 9.59 Å². The number of nitrogens with one attached hydrogen (secondary N) is 1. The minimum absolute atomic E-state index is 0.158. The van der Waals surface area contributed by atoms with Crippen molar-refractivity contribution in [2.45, 2.75) is 65.8 Å². The van der Waals surface area contributed by atoms with Crippen molar-refractivity contribution in [3.8, 4) is 0 Å². The number of aromatic nitrogens is 2. The van der Waals surface area contributed by atoms with Crippen molar-refractivity contribution in [2.75, 3.05) is 18.9 Å². The molecule has 0 bridgehead atoms. The Kier molecular flexibility index (Phi) is 8.39. The summed E-state index contributed by atoms with van der Waals surface area (Å²) in [5.74, 6) is -0.158. The van der Waals surface area contributed by atoms with Gasteiger partial charge in [-0.25, -0.2) is 4.79 Å². The van der Waals surface area contributed by atoms with Gasteiger partial charge in [0.1, 0.15) is 10.2 Å². The molecule has 0 saturated heterocycles. The number of anilines is 1. The van der Waals surface area contributed by atoms with Crippen LogP contribution in [-0.2, 0) is 6.54 Å². The molecule has 0 atom stereocenters. The fourth-order valence-electron chi connectivity index (χ4n) is 3.63. The highest BCUT2D eigenvalue weighted by atomic mass is 32.1. The Hall–Kier alpha value is -2.74. The number of nitrogens with zero attached hydrogens (tertiary/aromatic N) is 3. The highest BCUT2D eigenvalue weighted by Crippen LogP contribution is 2.29. The van der Waals surface area contributed by atoms with Crippen LogP contribution in [0.4, 0.5) is 6.01 Å². The van der Waals surface area contributed by atoms with Gasteiger partial charge in [0.2, 0.25) is 0 Å². The molecule has 0 aliphatic rings. The Balaban J connectivity index is 1.69. The molecule has 0 spiro atoms. The van der Waals surface area contributed by atoms with Crippen molar-refractivity contribution in [1.82, 2.24) is 14.9 Å². The van der Waals surface area contributed by atoms with Crippen molar-refractivity contribution in [2.24, 2.45) is 0 Å². The number of carbonyl (C=O) groups is 1. The van der Waals surface area contributed by atoms with E-state index in [0.717, 1.165) is 24.2 Å². The molecule has 8 heteroatoms. The smallest absolute Gasteiger partial charge is 0.349 e. The van der Waals surface area contributed by atoms with Crippen LogP contribution in [0.5, 0.6) is 0 Å². The Morgan fingerprint density at radius 1 is 1.12 bits per heavy atom. The zero-order valence-electron chi connectivity index (χ0n) is 19.4. The molecule has 32 heavy (non-hydrogen) atoms. The molecule has 0 radical (unpaired) electrons. The van der Waals surface area contributed by atoms with Gasteiger partial charge in [0, 0.05) is 19.3 Å². The lowest BCUT2D eigenvalue weighted by atomic mass is 10.1. The van der Waals surface area contributed by atoms with Gasteiger partial charge in [-0.2, -0.15) is 4.98 Å². The van der Waals surface area contributed by atoms with Gasteiger partial charge in [-0.15, -0.1) is 11.3 Å². The standard InChI is InChI=1S/C24H32N4O3S/c1-5-6-7-8-9-10-14-25-24-27-21-19(23(30)31-24)17(3)20(32-21)22(29)28(4)15-18-13-11-12-16(2)26-18/h11-13H,5-10,14-15H2,1-4H3,(H,25,27). The van der Waals surface area contributed by atoms with E-state index in [-0.39, 0.29) is 11.9 Å². The first-order chi connectivity index (χ1) is 15.4. The Morgan fingerprint density at radius 2 is 1.88 bits per heavy atom. The molecule has 1 amide bonds. The van der Waals surface area contributed by atoms with Gasteiger partial charge in [0.25, 0.3) is 11.9 Å². The Labute approximate surface area is 192 Å². The summed E-state index contributed by atoms with van der Waals surface area (Å²) in [6.45, 7) is 6.99. The summed E-state index contributed by atoms with van der Waals surface area (Å²) in [5.41, 5.74) is 1.88. The van der Waals surface area contributed by atoms with Gasteiger partial charge in [0.15, 0.2) is 0 Å². The lowest BCUT2D eigenvalue weighted by Crippen LogP contribution is -2.26. The number of pyridine rings is 1. The van der Waals surface area contributed by atoms with Gasteiger partial charge >= 0.3 is 5.63 Å². The maximum Gasteiger partial charge on any atom is 0.349 e. The summed E-state index contributed by atoms with van der Waals surface area (Å²) >= 11 is 1.23. The maximum atomic E-state index is 13.1. The fraction of sp³-hybridized carbons (Fsp3) is 0.500. The first-order valence-corrected chi connectivity index (χ1v) is 12.1. The van der Waals surface area contributed by atoms with E-state index in [4.69, 9.17) is 4.42 Å². The van der Waals surface area contributed by atoms with Gasteiger partial charge < -0.3 is 14.6 Å². The number of carbonyl (C=O) groups excluding carboxylic acids is 1. The largest absolute Gasteiger partial charge is 0.389 e. The minimum atomic E-state index is -0.462. The summed E-state index contributed by atoms with van der Waals surface area (Å²) < 4.78 is 5.37. The van der Waals surface area contributed by atoms with Crippen molar-refractivity contribution >= 4 is 33.5 Å². The molecular weight excluding hydrogens is 424 g/mol. The van der Waals surface area contributed by atoms with E-state index in [0.29, 0.717) is 33.7 Å². The lowest BCUT2D eigenvalue weighted by Gasteiger charge is -2.16. The molecule has 0 unspecified atom stereocenters. The molecule has 0 fully saturated rings. The molecule has 7 nitrogen and oxygen atoms in total. The van der Waals surface area contributed by atoms with Crippen LogP contribution in [0.25, 0.3) is 10.2 Å². The van der Waals surface area contributed by atoms with E-state index in [1.54, 1.807) is 18.9 Å². The fourth-order valence-corrected chi connectivity index (χ4v) is 4.79. The van der Waals surface area contributed by atoms with Crippen LogP contribution in [0.1, 0.15) is 72.1 Å². The number of unbranched alkanes of at least 4 members (excludes halogenated alkanes) is 5. The van der Waals surface area contributed by atoms with Crippen LogP contribution in [0.3, 0.4) is 0 Å². The highest BCUT2D eigenvalue weighted by molar-refractivity contribution is 7.20. The van der Waals surface area contributed by atoms with Crippen LogP contribution in [0, 0.1) is 13.8 Å². The van der Waals surface area contributed by atoms with E-state index >= 15 is 0 Å². The summed E-state index contributed by atoms with van der Waals surface area (Å²) in [4.78, 5) is 37.2. The van der Waals surface area contributed by atoms with Crippen molar-refractivity contribution in [3.05, 3.63) is 50.4 Å². The quantitative estimate of drug-likeness (QED) is 0.394. The summed E-state index contributed by atoms with van der Waals surface area (Å²) in [5, 5.41) is 3.49. The van der Waals surface area contributed by atoms with Crippen LogP contribution in [-0.4, -0.2) is 34.4 Å². The van der Waals surface area contributed by atoms with Crippen LogP contribution < -0.4 is 10.9 Å². The number of fused-ring (bicyclic) bond motifs is 1. The number of hydrogen-bond acceptors (Lipinski definition) is 7. The third kappa shape index (κ3) is 5.94. The van der Waals surface area contributed by atoms with Crippen LogP contribution in [0.15, 0.2) is 27.4 Å². The predicted molar refractivity (Wildman–Crippen MR) is 130 cm³/mol. The number of thiophene rings is 1. The second-order valence-electron chi connectivity index (χ2n) is 8.17. The molecule has 3 heterocycles. The van der Waals surface area contributed by atoms with Crippen LogP contribution >= 0.6 is 11.3 Å². The average Bonchev–Trinajstić information content (AvgIpc) is 3.09. The topological polar surface area (TPSA) is 88.3 Å². The number of aryl methyl sites for hydroxylation is 2. The Morgan fingerprint density at radius 3 is 2.62 bits per heavy atom. The SMILES string of the molecule is CCCCCCCCNc1nc2sc(C(=O)N(C)Cc3cccc(C)n3)c(C)c2c(=O)o1. The van der Waals surface area contributed by atoms with Crippen LogP contribution in [0.2, 0.25) is 0 Å². The lowest BCUT2D eigenvalue weighted by molar-refractivity contribution is 0.0787. The van der Waals surface area contributed by atoms with Gasteiger partial charge in [-0.3, -0.25) is 9.78 Å². The first-order valence-electron chi connectivity index (χ1n) is 11.3. The van der Waals surface area contributed by atoms with E-state index in [1.165, 1.54) is 37.0 Å². The molecule has 0 saturated carbocycles. The third-order valence-electron chi connectivity index (χ3n) is 5.42. The second-order valence-corrected chi connectivity index (χ2v) is 9.17. The second kappa shape index (κ2) is 11.2. The maximum absolute atomic E-state index is 13.1. The number of rotatable bonds is 11. The minimum Gasteiger partial charge on any atom is -0.389 e. The molecule has 172 valence electrons. The first kappa shape index (κ1) is 23.9. The number of amides is 1. The zero-order valence-corrected chi connectivity index (χ0v) is 20.2. The molecule has 0 aliphatic carbocycles. The summed E-state index contributed by atoms with van der Waals surface area (Å²) in [7, 11) is 1.74. The molecule has 3 aromatic heterocycles. The van der Waals surface area contributed by atoms with Crippen molar-refractivity contribution < 1.29 is 9.21 Å². The monoisotopic (exact) mass is 456 g/mol. The average molecular weight is 457 g/mol. The molecule has 3 rings (SSSR count). The molecular formula is C24H32N4O3S. The van der Waals surface area contributed by atoms with Gasteiger partial charge in [-0.1, -0.05) is 45.1 Å². The molecule has 1 N–H and O–H groups in total. The van der Waals surface area contributed by atoms with Gasteiger partial charge in [0.05, 0.1) is 17.1 Å². The molecule has 0 aliphatic heterocycles. The third-order valence-corrected chi connectivity index (χ3v) is 6.59. The van der Waals surface area contributed by atoms with E-state index < -0.39 is 5.63 Å². The predicted octanol–water partition coefficient (Wildman–Crippen LogP) is 5.31. The summed E-state index contributed by atoms with van der Waals surface area (Å²) in [6.07, 6.45) is 7.12. The van der Waals surface area contributed by atoms with E-state index in [2.05, 4.69) is 22.2 Å². The normalized spacial score (nSPS) is 11.1. The van der Waals surface area contributed by atoms with Crippen molar-refractivity contribution in [1.29, 1.82) is 0 Å². The number of hydrogen-bond donors (Lipinski definition) is 1. The zero-order chi connectivity index (χ0) is 23.1.